The molecule has 120 valence electrons. The highest BCUT2D eigenvalue weighted by Crippen LogP contribution is 2.35. The third kappa shape index (κ3) is 3.02. The van der Waals surface area contributed by atoms with Crippen LogP contribution >= 0.6 is 0 Å². The third-order valence-electron chi connectivity index (χ3n) is 5.21. The monoisotopic (exact) mass is 302 g/mol. The van der Waals surface area contributed by atoms with Gasteiger partial charge in [0, 0.05) is 18.7 Å². The summed E-state index contributed by atoms with van der Waals surface area (Å²) in [7, 11) is 0. The summed E-state index contributed by atoms with van der Waals surface area (Å²) in [6.07, 6.45) is 7.98. The molecule has 3 rings (SSSR count). The van der Waals surface area contributed by atoms with Gasteiger partial charge in [-0.1, -0.05) is 6.07 Å². The molecule has 0 aromatic carbocycles. The van der Waals surface area contributed by atoms with Gasteiger partial charge < -0.3 is 10.0 Å². The summed E-state index contributed by atoms with van der Waals surface area (Å²) in [5.41, 5.74) is 2.39. The van der Waals surface area contributed by atoms with Gasteiger partial charge in [0.15, 0.2) is 0 Å². The Labute approximate surface area is 132 Å². The molecule has 1 fully saturated rings. The Morgan fingerprint density at radius 3 is 2.82 bits per heavy atom. The molecule has 1 saturated carbocycles. The second-order valence-electron chi connectivity index (χ2n) is 6.59. The minimum Gasteiger partial charge on any atom is -0.393 e. The van der Waals surface area contributed by atoms with Crippen molar-refractivity contribution in [2.24, 2.45) is 5.92 Å². The molecule has 1 heterocycles. The fourth-order valence-corrected chi connectivity index (χ4v) is 3.98. The van der Waals surface area contributed by atoms with E-state index in [1.807, 2.05) is 17.2 Å². The van der Waals surface area contributed by atoms with E-state index in [0.29, 0.717) is 0 Å². The first-order chi connectivity index (χ1) is 10.7. The summed E-state index contributed by atoms with van der Waals surface area (Å²) in [6, 6.07) is 4.26. The molecule has 1 aromatic rings. The highest BCUT2D eigenvalue weighted by molar-refractivity contribution is 5.79. The summed E-state index contributed by atoms with van der Waals surface area (Å²) in [5.74, 6) is 0.343. The van der Waals surface area contributed by atoms with Crippen LogP contribution in [-0.4, -0.2) is 33.5 Å². The van der Waals surface area contributed by atoms with E-state index in [1.54, 1.807) is 0 Å². The van der Waals surface area contributed by atoms with Crippen LogP contribution < -0.4 is 0 Å². The largest absolute Gasteiger partial charge is 0.393 e. The topological polar surface area (TPSA) is 53.4 Å². The number of rotatable bonds is 3. The third-order valence-corrected chi connectivity index (χ3v) is 5.21. The van der Waals surface area contributed by atoms with Gasteiger partial charge in [-0.3, -0.25) is 9.78 Å². The predicted octanol–water partition coefficient (Wildman–Crippen LogP) is 2.86. The quantitative estimate of drug-likeness (QED) is 0.934. The number of carbonyl (C=O) groups excluding carboxylic acids is 1. The number of fused-ring (bicyclic) bond motifs is 1. The number of amides is 1. The Morgan fingerprint density at radius 1 is 1.32 bits per heavy atom. The molecule has 1 amide bonds. The van der Waals surface area contributed by atoms with Gasteiger partial charge in [-0.2, -0.15) is 0 Å². The van der Waals surface area contributed by atoms with Crippen molar-refractivity contribution >= 4 is 5.91 Å². The molecule has 0 aliphatic heterocycles. The summed E-state index contributed by atoms with van der Waals surface area (Å²) >= 11 is 0. The van der Waals surface area contributed by atoms with Crippen LogP contribution in [0.1, 0.15) is 62.7 Å². The zero-order valence-corrected chi connectivity index (χ0v) is 13.4. The lowest BCUT2D eigenvalue weighted by atomic mass is 9.85. The standard InChI is InChI=1S/C18H26N2O2/c1-2-20(18(22)14-8-10-15(21)11-9-14)16-7-3-5-13-6-4-12-19-17(13)16/h4,6,12,14-16,21H,2-3,5,7-11H2,1H3. The van der Waals surface area contributed by atoms with E-state index < -0.39 is 0 Å². The summed E-state index contributed by atoms with van der Waals surface area (Å²) in [5, 5.41) is 9.65. The highest BCUT2D eigenvalue weighted by atomic mass is 16.3. The van der Waals surface area contributed by atoms with Gasteiger partial charge in [0.05, 0.1) is 17.8 Å². The van der Waals surface area contributed by atoms with Gasteiger partial charge in [0.1, 0.15) is 0 Å². The van der Waals surface area contributed by atoms with E-state index in [9.17, 15) is 9.90 Å². The van der Waals surface area contributed by atoms with Crippen LogP contribution in [0.5, 0.6) is 0 Å². The molecule has 0 saturated heterocycles. The van der Waals surface area contributed by atoms with Crippen molar-refractivity contribution in [3.8, 4) is 0 Å². The maximum atomic E-state index is 13.0. The van der Waals surface area contributed by atoms with E-state index in [-0.39, 0.29) is 24.0 Å². The number of aliphatic hydroxyl groups is 1. The first kappa shape index (κ1) is 15.5. The van der Waals surface area contributed by atoms with Crippen LogP contribution in [0.4, 0.5) is 0 Å². The average molecular weight is 302 g/mol. The summed E-state index contributed by atoms with van der Waals surface area (Å²) < 4.78 is 0. The summed E-state index contributed by atoms with van der Waals surface area (Å²) in [4.78, 5) is 19.6. The van der Waals surface area contributed by atoms with Crippen LogP contribution in [-0.2, 0) is 11.2 Å². The van der Waals surface area contributed by atoms with Crippen LogP contribution in [0.25, 0.3) is 0 Å². The van der Waals surface area contributed by atoms with Crippen molar-refractivity contribution in [2.75, 3.05) is 6.54 Å². The van der Waals surface area contributed by atoms with Gasteiger partial charge >= 0.3 is 0 Å². The van der Waals surface area contributed by atoms with Gasteiger partial charge in [-0.25, -0.2) is 0 Å². The molecule has 0 spiro atoms. The SMILES string of the molecule is CCN(C(=O)C1CCC(O)CC1)C1CCCc2cccnc21. The first-order valence-electron chi connectivity index (χ1n) is 8.63. The number of carbonyl (C=O) groups is 1. The molecular formula is C18H26N2O2. The second-order valence-corrected chi connectivity index (χ2v) is 6.59. The Hall–Kier alpha value is -1.42. The van der Waals surface area contributed by atoms with Crippen molar-refractivity contribution in [2.45, 2.75) is 64.0 Å². The number of aromatic nitrogens is 1. The molecule has 4 heteroatoms. The van der Waals surface area contributed by atoms with Crippen LogP contribution in [0.15, 0.2) is 18.3 Å². The van der Waals surface area contributed by atoms with E-state index in [2.05, 4.69) is 18.0 Å². The van der Waals surface area contributed by atoms with Crippen molar-refractivity contribution in [1.82, 2.24) is 9.88 Å². The van der Waals surface area contributed by atoms with Gasteiger partial charge in [0.25, 0.3) is 0 Å². The number of hydrogen-bond donors (Lipinski definition) is 1. The van der Waals surface area contributed by atoms with Gasteiger partial charge in [-0.15, -0.1) is 0 Å². The van der Waals surface area contributed by atoms with Crippen LogP contribution in [0.2, 0.25) is 0 Å². The lowest BCUT2D eigenvalue weighted by molar-refractivity contribution is -0.140. The van der Waals surface area contributed by atoms with Gasteiger partial charge in [-0.05, 0) is 63.5 Å². The van der Waals surface area contributed by atoms with E-state index in [1.165, 1.54) is 5.56 Å². The highest BCUT2D eigenvalue weighted by Gasteiger charge is 2.34. The molecule has 0 radical (unpaired) electrons. The molecule has 1 aromatic heterocycles. The van der Waals surface area contributed by atoms with E-state index in [4.69, 9.17) is 0 Å². The zero-order chi connectivity index (χ0) is 15.5. The van der Waals surface area contributed by atoms with Crippen LogP contribution in [0, 0.1) is 5.92 Å². The molecule has 1 atom stereocenters. The minimum absolute atomic E-state index is 0.0810. The van der Waals surface area contributed by atoms with Crippen molar-refractivity contribution < 1.29 is 9.90 Å². The van der Waals surface area contributed by atoms with Gasteiger partial charge in [0.2, 0.25) is 5.91 Å². The molecule has 1 unspecified atom stereocenters. The molecule has 0 bridgehead atoms. The zero-order valence-electron chi connectivity index (χ0n) is 13.4. The minimum atomic E-state index is -0.212. The smallest absolute Gasteiger partial charge is 0.226 e. The van der Waals surface area contributed by atoms with E-state index in [0.717, 1.165) is 57.2 Å². The number of aryl methyl sites for hydroxylation is 1. The number of nitrogens with zero attached hydrogens (tertiary/aromatic N) is 2. The molecule has 22 heavy (non-hydrogen) atoms. The maximum Gasteiger partial charge on any atom is 0.226 e. The Morgan fingerprint density at radius 2 is 2.09 bits per heavy atom. The molecular weight excluding hydrogens is 276 g/mol. The van der Waals surface area contributed by atoms with Crippen molar-refractivity contribution in [1.29, 1.82) is 0 Å². The first-order valence-corrected chi connectivity index (χ1v) is 8.63. The maximum absolute atomic E-state index is 13.0. The molecule has 2 aliphatic carbocycles. The summed E-state index contributed by atoms with van der Waals surface area (Å²) in [6.45, 7) is 2.80. The second kappa shape index (κ2) is 6.78. The van der Waals surface area contributed by atoms with Crippen molar-refractivity contribution in [3.63, 3.8) is 0 Å². The van der Waals surface area contributed by atoms with E-state index >= 15 is 0 Å². The lowest BCUT2D eigenvalue weighted by Gasteiger charge is -2.37. The van der Waals surface area contributed by atoms with Crippen LogP contribution in [0.3, 0.4) is 0 Å². The van der Waals surface area contributed by atoms with Crippen molar-refractivity contribution in [3.05, 3.63) is 29.6 Å². The Kier molecular flexibility index (Phi) is 4.77. The predicted molar refractivity (Wildman–Crippen MR) is 85.3 cm³/mol. The lowest BCUT2D eigenvalue weighted by Crippen LogP contribution is -2.42. The Bertz CT molecular complexity index is 524. The Balaban J connectivity index is 1.78. The number of hydrogen-bond acceptors (Lipinski definition) is 3. The number of aliphatic hydroxyl groups excluding tert-OH is 1. The molecule has 4 nitrogen and oxygen atoms in total. The fraction of sp³-hybridized carbons (Fsp3) is 0.667. The molecule has 1 N–H and O–H groups in total. The molecule has 2 aliphatic rings. The normalized spacial score (nSPS) is 28.0. The average Bonchev–Trinajstić information content (AvgIpc) is 2.56. The number of pyridine rings is 1. The fourth-order valence-electron chi connectivity index (χ4n) is 3.98.